The van der Waals surface area contributed by atoms with Crippen LogP contribution in [0, 0.1) is 29.4 Å². The van der Waals surface area contributed by atoms with Gasteiger partial charge in [-0.05, 0) is 54.7 Å². The molecule has 1 nitrogen and oxygen atoms in total. The van der Waals surface area contributed by atoms with Gasteiger partial charge in [0.2, 0.25) is 0 Å². The van der Waals surface area contributed by atoms with E-state index in [-0.39, 0.29) is 6.04 Å². The van der Waals surface area contributed by atoms with E-state index in [9.17, 15) is 8.78 Å². The van der Waals surface area contributed by atoms with Crippen LogP contribution in [0.2, 0.25) is 0 Å². The first-order valence-electron chi connectivity index (χ1n) is 6.68. The molecule has 18 heavy (non-hydrogen) atoms. The van der Waals surface area contributed by atoms with Crippen LogP contribution in [0.1, 0.15) is 44.7 Å². The molecule has 3 heteroatoms. The zero-order valence-corrected chi connectivity index (χ0v) is 11.0. The standard InChI is InChI=1S/C15H21F2N/c1-9-5-10(2)7-12(6-9)15(18)11-3-4-13(16)14(17)8-11/h3-4,8-10,12,15H,5-7,18H2,1-2H3. The number of halogens is 2. The molecule has 3 atom stereocenters. The van der Waals surface area contributed by atoms with Gasteiger partial charge in [0, 0.05) is 6.04 Å². The first-order valence-corrected chi connectivity index (χ1v) is 6.68. The molecule has 0 aliphatic heterocycles. The molecule has 1 saturated carbocycles. The maximum Gasteiger partial charge on any atom is 0.159 e. The van der Waals surface area contributed by atoms with E-state index in [1.807, 2.05) is 0 Å². The summed E-state index contributed by atoms with van der Waals surface area (Å²) < 4.78 is 26.1. The third-order valence-corrected chi connectivity index (χ3v) is 4.05. The molecule has 1 aliphatic rings. The zero-order valence-electron chi connectivity index (χ0n) is 11.0. The summed E-state index contributed by atoms with van der Waals surface area (Å²) in [5, 5.41) is 0. The normalized spacial score (nSPS) is 30.2. The Labute approximate surface area is 107 Å². The van der Waals surface area contributed by atoms with Crippen molar-refractivity contribution in [2.45, 2.75) is 39.2 Å². The van der Waals surface area contributed by atoms with Gasteiger partial charge in [-0.25, -0.2) is 8.78 Å². The van der Waals surface area contributed by atoms with Gasteiger partial charge in [-0.2, -0.15) is 0 Å². The molecule has 1 aromatic carbocycles. The second-order valence-corrected chi connectivity index (χ2v) is 5.88. The van der Waals surface area contributed by atoms with E-state index in [0.717, 1.165) is 12.8 Å². The first-order chi connectivity index (χ1) is 8.47. The second kappa shape index (κ2) is 5.35. The lowest BCUT2D eigenvalue weighted by molar-refractivity contribution is 0.193. The van der Waals surface area contributed by atoms with E-state index < -0.39 is 11.6 Å². The Balaban J connectivity index is 2.14. The third kappa shape index (κ3) is 2.89. The molecule has 0 bridgehead atoms. The van der Waals surface area contributed by atoms with Crippen molar-refractivity contribution in [1.29, 1.82) is 0 Å². The Hall–Kier alpha value is -0.960. The summed E-state index contributed by atoms with van der Waals surface area (Å²) in [6.07, 6.45) is 3.38. The number of hydrogen-bond donors (Lipinski definition) is 1. The number of rotatable bonds is 2. The molecule has 1 aromatic rings. The van der Waals surface area contributed by atoms with Gasteiger partial charge in [0.05, 0.1) is 0 Å². The molecule has 0 heterocycles. The van der Waals surface area contributed by atoms with Gasteiger partial charge in [0.15, 0.2) is 11.6 Å². The minimum atomic E-state index is -0.809. The van der Waals surface area contributed by atoms with Crippen molar-refractivity contribution in [3.63, 3.8) is 0 Å². The average Bonchev–Trinajstić information content (AvgIpc) is 2.30. The van der Waals surface area contributed by atoms with Crippen molar-refractivity contribution in [2.24, 2.45) is 23.5 Å². The highest BCUT2D eigenvalue weighted by Gasteiger charge is 2.29. The largest absolute Gasteiger partial charge is 0.324 e. The van der Waals surface area contributed by atoms with Gasteiger partial charge in [-0.1, -0.05) is 19.9 Å². The van der Waals surface area contributed by atoms with Crippen molar-refractivity contribution in [1.82, 2.24) is 0 Å². The Morgan fingerprint density at radius 3 is 2.22 bits per heavy atom. The lowest BCUT2D eigenvalue weighted by Gasteiger charge is -2.35. The van der Waals surface area contributed by atoms with Crippen LogP contribution < -0.4 is 5.73 Å². The predicted molar refractivity (Wildman–Crippen MR) is 69.0 cm³/mol. The van der Waals surface area contributed by atoms with E-state index in [2.05, 4.69) is 13.8 Å². The lowest BCUT2D eigenvalue weighted by Crippen LogP contribution is -2.29. The molecular weight excluding hydrogens is 232 g/mol. The SMILES string of the molecule is CC1CC(C)CC(C(N)c2ccc(F)c(F)c2)C1. The summed E-state index contributed by atoms with van der Waals surface area (Å²) >= 11 is 0. The summed E-state index contributed by atoms with van der Waals surface area (Å²) in [5.41, 5.74) is 6.93. The van der Waals surface area contributed by atoms with E-state index in [4.69, 9.17) is 5.73 Å². The topological polar surface area (TPSA) is 26.0 Å². The van der Waals surface area contributed by atoms with Gasteiger partial charge in [0.1, 0.15) is 0 Å². The number of nitrogens with two attached hydrogens (primary N) is 1. The maximum atomic E-state index is 13.2. The summed E-state index contributed by atoms with van der Waals surface area (Å²) in [7, 11) is 0. The minimum absolute atomic E-state index is 0.190. The van der Waals surface area contributed by atoms with Crippen LogP contribution in [0.15, 0.2) is 18.2 Å². The highest BCUT2D eigenvalue weighted by Crippen LogP contribution is 2.38. The van der Waals surface area contributed by atoms with E-state index in [1.165, 1.54) is 18.6 Å². The molecule has 2 rings (SSSR count). The van der Waals surface area contributed by atoms with Crippen molar-refractivity contribution in [3.8, 4) is 0 Å². The number of hydrogen-bond acceptors (Lipinski definition) is 1. The molecule has 1 aliphatic carbocycles. The van der Waals surface area contributed by atoms with E-state index in [0.29, 0.717) is 23.3 Å². The Morgan fingerprint density at radius 2 is 1.67 bits per heavy atom. The van der Waals surface area contributed by atoms with Crippen LogP contribution in [0.5, 0.6) is 0 Å². The van der Waals surface area contributed by atoms with Crippen LogP contribution in [0.3, 0.4) is 0 Å². The van der Waals surface area contributed by atoms with Crippen LogP contribution in [0.4, 0.5) is 8.78 Å². The maximum absolute atomic E-state index is 13.2. The van der Waals surface area contributed by atoms with Crippen LogP contribution in [-0.4, -0.2) is 0 Å². The highest BCUT2D eigenvalue weighted by atomic mass is 19.2. The minimum Gasteiger partial charge on any atom is -0.324 e. The quantitative estimate of drug-likeness (QED) is 0.845. The van der Waals surface area contributed by atoms with Crippen molar-refractivity contribution >= 4 is 0 Å². The van der Waals surface area contributed by atoms with Gasteiger partial charge >= 0.3 is 0 Å². The van der Waals surface area contributed by atoms with Crippen LogP contribution in [0.25, 0.3) is 0 Å². The fourth-order valence-corrected chi connectivity index (χ4v) is 3.29. The second-order valence-electron chi connectivity index (χ2n) is 5.88. The van der Waals surface area contributed by atoms with Crippen molar-refractivity contribution in [3.05, 3.63) is 35.4 Å². The molecule has 1 fully saturated rings. The molecule has 3 unspecified atom stereocenters. The lowest BCUT2D eigenvalue weighted by atomic mass is 9.72. The van der Waals surface area contributed by atoms with Gasteiger partial charge in [-0.15, -0.1) is 0 Å². The van der Waals surface area contributed by atoms with E-state index >= 15 is 0 Å². The monoisotopic (exact) mass is 253 g/mol. The Bertz CT molecular complexity index is 409. The molecule has 100 valence electrons. The third-order valence-electron chi connectivity index (χ3n) is 4.05. The predicted octanol–water partition coefficient (Wildman–Crippen LogP) is 4.04. The summed E-state index contributed by atoms with van der Waals surface area (Å²) in [5.74, 6) is 0.0787. The summed E-state index contributed by atoms with van der Waals surface area (Å²) in [4.78, 5) is 0. The molecule has 0 amide bonds. The Kier molecular flexibility index (Phi) is 4.00. The smallest absolute Gasteiger partial charge is 0.159 e. The van der Waals surface area contributed by atoms with E-state index in [1.54, 1.807) is 6.07 Å². The zero-order chi connectivity index (χ0) is 13.3. The van der Waals surface area contributed by atoms with Gasteiger partial charge in [-0.3, -0.25) is 0 Å². The first kappa shape index (κ1) is 13.5. The molecule has 2 N–H and O–H groups in total. The average molecular weight is 253 g/mol. The fourth-order valence-electron chi connectivity index (χ4n) is 3.29. The van der Waals surface area contributed by atoms with Gasteiger partial charge < -0.3 is 5.73 Å². The van der Waals surface area contributed by atoms with Crippen LogP contribution in [-0.2, 0) is 0 Å². The van der Waals surface area contributed by atoms with Crippen molar-refractivity contribution in [2.75, 3.05) is 0 Å². The number of benzene rings is 1. The van der Waals surface area contributed by atoms with Gasteiger partial charge in [0.25, 0.3) is 0 Å². The molecule has 0 saturated heterocycles. The molecule has 0 aromatic heterocycles. The highest BCUT2D eigenvalue weighted by molar-refractivity contribution is 5.21. The summed E-state index contributed by atoms with van der Waals surface area (Å²) in [6.45, 7) is 4.47. The van der Waals surface area contributed by atoms with Crippen LogP contribution >= 0.6 is 0 Å². The Morgan fingerprint density at radius 1 is 1.06 bits per heavy atom. The fraction of sp³-hybridized carbons (Fsp3) is 0.600. The summed E-state index contributed by atoms with van der Waals surface area (Å²) in [6, 6.07) is 3.82. The molecular formula is C15H21F2N. The molecule has 0 spiro atoms. The van der Waals surface area contributed by atoms with Crippen molar-refractivity contribution < 1.29 is 8.78 Å². The molecule has 0 radical (unpaired) electrons.